The van der Waals surface area contributed by atoms with E-state index in [1.54, 1.807) is 51.2 Å². The summed E-state index contributed by atoms with van der Waals surface area (Å²) in [6.07, 6.45) is 0.0326. The molecule has 150 valence electrons. The number of aromatic nitrogens is 2. The molecule has 1 saturated heterocycles. The van der Waals surface area contributed by atoms with Gasteiger partial charge in [-0.1, -0.05) is 0 Å². The fourth-order valence-corrected chi connectivity index (χ4v) is 3.05. The van der Waals surface area contributed by atoms with E-state index in [4.69, 9.17) is 19.4 Å². The van der Waals surface area contributed by atoms with Crippen LogP contribution in [0.25, 0.3) is 11.3 Å². The summed E-state index contributed by atoms with van der Waals surface area (Å²) in [7, 11) is -1.89. The largest absolute Gasteiger partial charge is 0.707 e. The number of hydrogen-bond donors (Lipinski definition) is 3. The molecular formula is C18H23BFN3O5. The maximum Gasteiger partial charge on any atom is 0.707 e. The van der Waals surface area contributed by atoms with Gasteiger partial charge in [-0.15, -0.1) is 0 Å². The summed E-state index contributed by atoms with van der Waals surface area (Å²) >= 11 is 0. The Kier molecular flexibility index (Phi) is 5.62. The van der Waals surface area contributed by atoms with Crippen molar-refractivity contribution in [1.29, 1.82) is 0 Å². The highest BCUT2D eigenvalue weighted by Crippen LogP contribution is 2.34. The highest BCUT2D eigenvalue weighted by molar-refractivity contribution is 6.33. The maximum absolute atomic E-state index is 14.0. The first-order valence-electron chi connectivity index (χ1n) is 8.94. The van der Waals surface area contributed by atoms with Gasteiger partial charge >= 0.3 is 13.4 Å². The Labute approximate surface area is 162 Å². The number of benzene rings is 1. The van der Waals surface area contributed by atoms with Crippen LogP contribution in [0.2, 0.25) is 0 Å². The topological polar surface area (TPSA) is 108 Å². The lowest BCUT2D eigenvalue weighted by Crippen LogP contribution is -2.37. The third-order valence-electron chi connectivity index (χ3n) is 4.20. The predicted octanol–water partition coefficient (Wildman–Crippen LogP) is 2.45. The lowest BCUT2D eigenvalue weighted by molar-refractivity contribution is 0.0211. The van der Waals surface area contributed by atoms with Crippen LogP contribution in [0.15, 0.2) is 30.5 Å². The molecule has 3 rings (SSSR count). The Balaban J connectivity index is 1.77. The summed E-state index contributed by atoms with van der Waals surface area (Å²) in [4.78, 5) is 21.3. The number of aromatic amines is 1. The summed E-state index contributed by atoms with van der Waals surface area (Å²) in [6.45, 7) is 5.25. The summed E-state index contributed by atoms with van der Waals surface area (Å²) in [6, 6.07) is 6.05. The Morgan fingerprint density at radius 2 is 2.00 bits per heavy atom. The number of halogens is 1. The van der Waals surface area contributed by atoms with Crippen LogP contribution >= 0.6 is 0 Å². The zero-order valence-corrected chi connectivity index (χ0v) is 15.9. The highest BCUT2D eigenvalue weighted by atomic mass is 19.1. The Morgan fingerprint density at radius 3 is 2.61 bits per heavy atom. The molecular weight excluding hydrogens is 368 g/mol. The number of imidazole rings is 1. The van der Waals surface area contributed by atoms with Crippen molar-refractivity contribution in [3.63, 3.8) is 0 Å². The van der Waals surface area contributed by atoms with Crippen molar-refractivity contribution in [3.05, 3.63) is 36.3 Å². The number of carbonyl (C=O) groups excluding carboxylic acids is 1. The molecule has 2 aromatic rings. The molecule has 0 aliphatic carbocycles. The molecule has 0 spiro atoms. The highest BCUT2D eigenvalue weighted by Gasteiger charge is 2.40. The minimum atomic E-state index is -1.89. The molecule has 28 heavy (non-hydrogen) atoms. The third kappa shape index (κ3) is 4.82. The van der Waals surface area contributed by atoms with Crippen molar-refractivity contribution in [3.8, 4) is 17.0 Å². The molecule has 0 saturated carbocycles. The molecule has 1 aliphatic rings. The number of ether oxygens (including phenoxy) is 1. The van der Waals surface area contributed by atoms with Crippen LogP contribution in [0.3, 0.4) is 0 Å². The van der Waals surface area contributed by atoms with Crippen LogP contribution in [0.1, 0.15) is 39.1 Å². The fraction of sp³-hybridized carbons (Fsp3) is 0.444. The normalized spacial score (nSPS) is 19.6. The van der Waals surface area contributed by atoms with Gasteiger partial charge in [0, 0.05) is 6.42 Å². The van der Waals surface area contributed by atoms with Gasteiger partial charge in [0.25, 0.3) is 0 Å². The molecule has 1 aromatic carbocycles. The Hall–Kier alpha value is -2.59. The monoisotopic (exact) mass is 391 g/mol. The van der Waals surface area contributed by atoms with Crippen molar-refractivity contribution < 1.29 is 28.6 Å². The van der Waals surface area contributed by atoms with Crippen LogP contribution < -0.4 is 4.65 Å². The third-order valence-corrected chi connectivity index (χ3v) is 4.20. The zero-order valence-electron chi connectivity index (χ0n) is 15.9. The van der Waals surface area contributed by atoms with Gasteiger partial charge in [-0.2, -0.15) is 0 Å². The van der Waals surface area contributed by atoms with Crippen LogP contribution in [0.5, 0.6) is 5.75 Å². The number of rotatable bonds is 4. The van der Waals surface area contributed by atoms with Crippen molar-refractivity contribution in [2.45, 2.75) is 45.0 Å². The van der Waals surface area contributed by atoms with E-state index >= 15 is 0 Å². The summed E-state index contributed by atoms with van der Waals surface area (Å²) in [5, 5.41) is 17.6. The number of nitrogens with zero attached hydrogens (tertiary/aromatic N) is 2. The van der Waals surface area contributed by atoms with Crippen molar-refractivity contribution in [1.82, 2.24) is 14.9 Å². The van der Waals surface area contributed by atoms with Gasteiger partial charge < -0.3 is 24.4 Å². The maximum atomic E-state index is 14.0. The van der Waals surface area contributed by atoms with Crippen molar-refractivity contribution in [2.75, 3.05) is 6.54 Å². The molecule has 1 fully saturated rings. The summed E-state index contributed by atoms with van der Waals surface area (Å²) < 4.78 is 24.2. The molecule has 1 amide bonds. The summed E-state index contributed by atoms with van der Waals surface area (Å²) in [5.74, 6) is 0.776. The first-order valence-corrected chi connectivity index (χ1v) is 8.94. The Bertz CT molecular complexity index is 821. The smallest absolute Gasteiger partial charge is 0.512 e. The van der Waals surface area contributed by atoms with Crippen LogP contribution in [-0.4, -0.2) is 56.6 Å². The lowest BCUT2D eigenvalue weighted by Gasteiger charge is -2.27. The van der Waals surface area contributed by atoms with Gasteiger partial charge in [0.1, 0.15) is 23.3 Å². The molecule has 3 N–H and O–H groups in total. The second kappa shape index (κ2) is 7.80. The van der Waals surface area contributed by atoms with E-state index in [0.29, 0.717) is 17.3 Å². The number of alkyl halides is 1. The van der Waals surface area contributed by atoms with E-state index in [1.807, 2.05) is 0 Å². The van der Waals surface area contributed by atoms with Gasteiger partial charge in [0.15, 0.2) is 0 Å². The number of nitrogens with one attached hydrogen (secondary N) is 1. The first-order chi connectivity index (χ1) is 13.1. The number of likely N-dealkylation sites (tertiary alicyclic amines) is 1. The van der Waals surface area contributed by atoms with E-state index in [2.05, 4.69) is 9.97 Å². The SMILES string of the molecule is CC(C)(C)OC(=O)N1C[C@@H](F)C[C@H]1c1ncc(-c2ccc(OB(O)O)cc2)[nH]1. The van der Waals surface area contributed by atoms with E-state index in [-0.39, 0.29) is 13.0 Å². The zero-order chi connectivity index (χ0) is 20.5. The van der Waals surface area contributed by atoms with Gasteiger partial charge in [-0.3, -0.25) is 4.90 Å². The molecule has 1 aliphatic heterocycles. The van der Waals surface area contributed by atoms with Crippen LogP contribution in [-0.2, 0) is 4.74 Å². The van der Waals surface area contributed by atoms with Crippen molar-refractivity contribution in [2.24, 2.45) is 0 Å². The molecule has 0 radical (unpaired) electrons. The fourth-order valence-electron chi connectivity index (χ4n) is 3.05. The van der Waals surface area contributed by atoms with E-state index in [0.717, 1.165) is 5.56 Å². The average molecular weight is 391 g/mol. The van der Waals surface area contributed by atoms with Crippen molar-refractivity contribution >= 4 is 13.4 Å². The van der Waals surface area contributed by atoms with Gasteiger partial charge in [0.2, 0.25) is 0 Å². The molecule has 2 heterocycles. The second-order valence-electron chi connectivity index (χ2n) is 7.63. The van der Waals surface area contributed by atoms with E-state index < -0.39 is 31.2 Å². The van der Waals surface area contributed by atoms with E-state index in [9.17, 15) is 9.18 Å². The minimum absolute atomic E-state index is 0.0366. The van der Waals surface area contributed by atoms with Crippen LogP contribution in [0.4, 0.5) is 9.18 Å². The molecule has 1 aromatic heterocycles. The van der Waals surface area contributed by atoms with Gasteiger partial charge in [-0.25, -0.2) is 14.2 Å². The molecule has 8 nitrogen and oxygen atoms in total. The average Bonchev–Trinajstić information content (AvgIpc) is 3.20. The standard InChI is InChI=1S/C18H23BFN3O5/c1-18(2,3)27-17(24)23-10-12(20)8-15(23)16-21-9-14(22-16)11-4-6-13(7-5-11)28-19(25)26/h4-7,9,12,15,25-26H,8,10H2,1-3H3,(H,21,22)/t12-,15-/m0/s1. The first kappa shape index (κ1) is 20.2. The number of hydrogen-bond acceptors (Lipinski definition) is 6. The predicted molar refractivity (Wildman–Crippen MR) is 100 cm³/mol. The quantitative estimate of drug-likeness (QED) is 0.691. The summed E-state index contributed by atoms with van der Waals surface area (Å²) in [5.41, 5.74) is 0.783. The minimum Gasteiger partial charge on any atom is -0.512 e. The lowest BCUT2D eigenvalue weighted by atomic mass is 10.1. The van der Waals surface area contributed by atoms with Gasteiger partial charge in [0.05, 0.1) is 24.5 Å². The number of amides is 1. The molecule has 0 bridgehead atoms. The van der Waals surface area contributed by atoms with Gasteiger partial charge in [-0.05, 0) is 50.6 Å². The Morgan fingerprint density at radius 1 is 1.32 bits per heavy atom. The number of H-pyrrole nitrogens is 1. The van der Waals surface area contributed by atoms with Crippen LogP contribution in [0, 0.1) is 0 Å². The molecule has 0 unspecified atom stereocenters. The number of carbonyl (C=O) groups is 1. The molecule has 2 atom stereocenters. The molecule has 10 heteroatoms. The van der Waals surface area contributed by atoms with E-state index in [1.165, 1.54) is 4.90 Å². The second-order valence-corrected chi connectivity index (χ2v) is 7.63.